The Morgan fingerprint density at radius 2 is 2.19 bits per heavy atom. The third kappa shape index (κ3) is 1.91. The van der Waals surface area contributed by atoms with Gasteiger partial charge in [-0.2, -0.15) is 5.10 Å². The second-order valence-electron chi connectivity index (χ2n) is 3.64. The lowest BCUT2D eigenvalue weighted by Crippen LogP contribution is -2.06. The van der Waals surface area contributed by atoms with E-state index in [1.807, 2.05) is 28.7 Å². The maximum Gasteiger partial charge on any atom is 0.169 e. The Hall–Kier alpha value is -1.85. The van der Waals surface area contributed by atoms with Gasteiger partial charge < -0.3 is 5.73 Å². The van der Waals surface area contributed by atoms with E-state index in [2.05, 4.69) is 22.3 Å². The van der Waals surface area contributed by atoms with Gasteiger partial charge in [0, 0.05) is 18.3 Å². The summed E-state index contributed by atoms with van der Waals surface area (Å²) in [5.74, 6) is 0.519. The van der Waals surface area contributed by atoms with Crippen molar-refractivity contribution in [2.24, 2.45) is 0 Å². The van der Waals surface area contributed by atoms with E-state index >= 15 is 0 Å². The first-order valence-corrected chi connectivity index (χ1v) is 5.43. The summed E-state index contributed by atoms with van der Waals surface area (Å²) in [5.41, 5.74) is 7.81. The maximum absolute atomic E-state index is 5.72. The SMILES string of the molecule is CCc1c(N)nnn1Cc1cnn(CC)c1. The molecule has 16 heavy (non-hydrogen) atoms. The Bertz CT molecular complexity index is 469. The molecule has 2 aromatic heterocycles. The Morgan fingerprint density at radius 3 is 2.81 bits per heavy atom. The highest BCUT2D eigenvalue weighted by Crippen LogP contribution is 2.10. The fourth-order valence-electron chi connectivity index (χ4n) is 1.67. The van der Waals surface area contributed by atoms with Crippen LogP contribution in [0.4, 0.5) is 5.82 Å². The molecule has 2 rings (SSSR count). The van der Waals surface area contributed by atoms with Crippen molar-refractivity contribution in [2.45, 2.75) is 33.4 Å². The zero-order valence-corrected chi connectivity index (χ0v) is 9.59. The third-order valence-corrected chi connectivity index (χ3v) is 2.55. The number of nitrogens with zero attached hydrogens (tertiary/aromatic N) is 5. The molecular formula is C10H16N6. The molecule has 86 valence electrons. The predicted octanol–water partition coefficient (Wildman–Crippen LogP) is 0.687. The van der Waals surface area contributed by atoms with Crippen LogP contribution in [0.15, 0.2) is 12.4 Å². The van der Waals surface area contributed by atoms with Crippen LogP contribution in [-0.2, 0) is 19.5 Å². The number of nitrogens with two attached hydrogens (primary N) is 1. The van der Waals surface area contributed by atoms with Crippen molar-refractivity contribution in [1.82, 2.24) is 24.8 Å². The first kappa shape index (κ1) is 10.7. The lowest BCUT2D eigenvalue weighted by Gasteiger charge is -2.02. The van der Waals surface area contributed by atoms with E-state index in [1.54, 1.807) is 0 Å². The monoisotopic (exact) mass is 220 g/mol. The van der Waals surface area contributed by atoms with Crippen LogP contribution < -0.4 is 5.73 Å². The summed E-state index contributed by atoms with van der Waals surface area (Å²) in [6.07, 6.45) is 4.69. The van der Waals surface area contributed by atoms with Crippen LogP contribution >= 0.6 is 0 Å². The summed E-state index contributed by atoms with van der Waals surface area (Å²) in [4.78, 5) is 0. The number of nitrogen functional groups attached to an aromatic ring is 1. The van der Waals surface area contributed by atoms with E-state index < -0.39 is 0 Å². The Kier molecular flexibility index (Phi) is 2.89. The van der Waals surface area contributed by atoms with Gasteiger partial charge in [-0.25, -0.2) is 4.68 Å². The molecule has 2 N–H and O–H groups in total. The summed E-state index contributed by atoms with van der Waals surface area (Å²) < 4.78 is 3.72. The summed E-state index contributed by atoms with van der Waals surface area (Å²) in [7, 11) is 0. The summed E-state index contributed by atoms with van der Waals surface area (Å²) in [6.45, 7) is 5.65. The van der Waals surface area contributed by atoms with Gasteiger partial charge in [0.15, 0.2) is 5.82 Å². The number of aryl methyl sites for hydroxylation is 1. The minimum absolute atomic E-state index is 0.519. The van der Waals surface area contributed by atoms with Crippen molar-refractivity contribution in [3.8, 4) is 0 Å². The van der Waals surface area contributed by atoms with Crippen LogP contribution in [0.1, 0.15) is 25.1 Å². The molecule has 0 fully saturated rings. The third-order valence-electron chi connectivity index (χ3n) is 2.55. The molecular weight excluding hydrogens is 204 g/mol. The topological polar surface area (TPSA) is 74.6 Å². The molecule has 0 aliphatic rings. The molecule has 2 aromatic rings. The lowest BCUT2D eigenvalue weighted by atomic mass is 10.3. The van der Waals surface area contributed by atoms with Crippen LogP contribution in [0, 0.1) is 0 Å². The fourth-order valence-corrected chi connectivity index (χ4v) is 1.67. The number of hydrogen-bond acceptors (Lipinski definition) is 4. The van der Waals surface area contributed by atoms with E-state index in [1.165, 1.54) is 0 Å². The zero-order chi connectivity index (χ0) is 11.5. The molecule has 0 saturated carbocycles. The van der Waals surface area contributed by atoms with Crippen molar-refractivity contribution in [3.05, 3.63) is 23.7 Å². The highest BCUT2D eigenvalue weighted by molar-refractivity contribution is 5.33. The van der Waals surface area contributed by atoms with Crippen molar-refractivity contribution in [3.63, 3.8) is 0 Å². The maximum atomic E-state index is 5.72. The van der Waals surface area contributed by atoms with E-state index in [9.17, 15) is 0 Å². The first-order chi connectivity index (χ1) is 7.74. The molecule has 0 aliphatic heterocycles. The average Bonchev–Trinajstić information content (AvgIpc) is 2.86. The van der Waals surface area contributed by atoms with Gasteiger partial charge in [-0.3, -0.25) is 4.68 Å². The molecule has 0 aliphatic carbocycles. The summed E-state index contributed by atoms with van der Waals surface area (Å²) in [6, 6.07) is 0. The summed E-state index contributed by atoms with van der Waals surface area (Å²) in [5, 5.41) is 12.1. The molecule has 0 atom stereocenters. The second-order valence-corrected chi connectivity index (χ2v) is 3.64. The van der Waals surface area contributed by atoms with E-state index in [4.69, 9.17) is 5.73 Å². The van der Waals surface area contributed by atoms with Gasteiger partial charge in [-0.15, -0.1) is 5.10 Å². The zero-order valence-electron chi connectivity index (χ0n) is 9.59. The van der Waals surface area contributed by atoms with Gasteiger partial charge >= 0.3 is 0 Å². The standard InChI is InChI=1S/C10H16N6/c1-3-9-10(11)13-14-16(9)7-8-5-12-15(4-2)6-8/h5-6H,3-4,7,11H2,1-2H3. The fraction of sp³-hybridized carbons (Fsp3) is 0.500. The number of anilines is 1. The first-order valence-electron chi connectivity index (χ1n) is 5.43. The van der Waals surface area contributed by atoms with Gasteiger partial charge in [0.1, 0.15) is 0 Å². The summed E-state index contributed by atoms with van der Waals surface area (Å²) >= 11 is 0. The molecule has 0 spiro atoms. The van der Waals surface area contributed by atoms with Crippen molar-refractivity contribution in [2.75, 3.05) is 5.73 Å². The molecule has 0 amide bonds. The van der Waals surface area contributed by atoms with Gasteiger partial charge in [0.05, 0.1) is 18.4 Å². The van der Waals surface area contributed by atoms with Gasteiger partial charge in [-0.1, -0.05) is 12.1 Å². The van der Waals surface area contributed by atoms with Gasteiger partial charge in [0.25, 0.3) is 0 Å². The van der Waals surface area contributed by atoms with Gasteiger partial charge in [0.2, 0.25) is 0 Å². The number of aromatic nitrogens is 5. The lowest BCUT2D eigenvalue weighted by molar-refractivity contribution is 0.619. The molecule has 0 radical (unpaired) electrons. The highest BCUT2D eigenvalue weighted by Gasteiger charge is 2.08. The Labute approximate surface area is 94.1 Å². The van der Waals surface area contributed by atoms with Crippen molar-refractivity contribution in [1.29, 1.82) is 0 Å². The average molecular weight is 220 g/mol. The minimum atomic E-state index is 0.519. The molecule has 0 saturated heterocycles. The molecule has 0 bridgehead atoms. The van der Waals surface area contributed by atoms with Crippen LogP contribution in [0.2, 0.25) is 0 Å². The van der Waals surface area contributed by atoms with E-state index in [0.29, 0.717) is 12.4 Å². The van der Waals surface area contributed by atoms with Crippen LogP contribution in [0.3, 0.4) is 0 Å². The normalized spacial score (nSPS) is 10.9. The van der Waals surface area contributed by atoms with E-state index in [0.717, 1.165) is 24.2 Å². The van der Waals surface area contributed by atoms with Crippen LogP contribution in [0.5, 0.6) is 0 Å². The van der Waals surface area contributed by atoms with Gasteiger partial charge in [-0.05, 0) is 13.3 Å². The Balaban J connectivity index is 2.19. The molecule has 6 nitrogen and oxygen atoms in total. The van der Waals surface area contributed by atoms with E-state index in [-0.39, 0.29) is 0 Å². The molecule has 2 heterocycles. The smallest absolute Gasteiger partial charge is 0.169 e. The van der Waals surface area contributed by atoms with Crippen molar-refractivity contribution < 1.29 is 0 Å². The van der Waals surface area contributed by atoms with Crippen LogP contribution in [0.25, 0.3) is 0 Å². The number of rotatable bonds is 4. The second kappa shape index (κ2) is 4.34. The quantitative estimate of drug-likeness (QED) is 0.822. The van der Waals surface area contributed by atoms with Crippen LogP contribution in [-0.4, -0.2) is 24.8 Å². The molecule has 6 heteroatoms. The number of hydrogen-bond donors (Lipinski definition) is 1. The Morgan fingerprint density at radius 1 is 1.38 bits per heavy atom. The minimum Gasteiger partial charge on any atom is -0.381 e. The molecule has 0 unspecified atom stereocenters. The predicted molar refractivity (Wildman–Crippen MR) is 60.8 cm³/mol. The van der Waals surface area contributed by atoms with Crippen molar-refractivity contribution >= 4 is 5.82 Å². The highest BCUT2D eigenvalue weighted by atomic mass is 15.4. The largest absolute Gasteiger partial charge is 0.381 e. The molecule has 0 aromatic carbocycles.